The first-order chi connectivity index (χ1) is 8.79. The van der Waals surface area contributed by atoms with Crippen molar-refractivity contribution in [1.82, 2.24) is 4.90 Å². The van der Waals surface area contributed by atoms with Crippen LogP contribution in [0.15, 0.2) is 24.3 Å². The molecular weight excluding hydrogens is 245 g/mol. The van der Waals surface area contributed by atoms with Gasteiger partial charge in [-0.2, -0.15) is 0 Å². The molecule has 4 heteroatoms. The van der Waals surface area contributed by atoms with Crippen LogP contribution in [0, 0.1) is 5.82 Å². The topological polar surface area (TPSA) is 37.4 Å². The second kappa shape index (κ2) is 4.76. The molecule has 0 aromatic heterocycles. The Morgan fingerprint density at radius 1 is 1.16 bits per heavy atom. The molecule has 1 aromatic rings. The van der Waals surface area contributed by atoms with E-state index in [2.05, 4.69) is 0 Å². The van der Waals surface area contributed by atoms with Gasteiger partial charge in [0.1, 0.15) is 11.6 Å². The minimum Gasteiger partial charge on any atom is -0.330 e. The average Bonchev–Trinajstić information content (AvgIpc) is 2.26. The second-order valence-electron chi connectivity index (χ2n) is 5.92. The first kappa shape index (κ1) is 13.7. The Bertz CT molecular complexity index is 502. The number of amides is 1. The summed E-state index contributed by atoms with van der Waals surface area (Å²) in [5.74, 6) is -0.530. The molecule has 19 heavy (non-hydrogen) atoms. The lowest BCUT2D eigenvalue weighted by Gasteiger charge is -2.44. The van der Waals surface area contributed by atoms with E-state index in [9.17, 15) is 14.0 Å². The summed E-state index contributed by atoms with van der Waals surface area (Å²) >= 11 is 0. The summed E-state index contributed by atoms with van der Waals surface area (Å²) in [6.07, 6.45) is 0.267. The maximum absolute atomic E-state index is 13.0. The summed E-state index contributed by atoms with van der Waals surface area (Å²) in [6.45, 7) is 5.83. The van der Waals surface area contributed by atoms with Crippen LogP contribution in [0.5, 0.6) is 0 Å². The van der Waals surface area contributed by atoms with Gasteiger partial charge in [-0.25, -0.2) is 4.39 Å². The highest BCUT2D eigenvalue weighted by Gasteiger charge is 2.39. The van der Waals surface area contributed by atoms with Crippen molar-refractivity contribution in [3.8, 4) is 0 Å². The first-order valence-corrected chi connectivity index (χ1v) is 6.38. The van der Waals surface area contributed by atoms with Gasteiger partial charge < -0.3 is 4.90 Å². The second-order valence-corrected chi connectivity index (χ2v) is 5.92. The lowest BCUT2D eigenvalue weighted by molar-refractivity contribution is -0.148. The summed E-state index contributed by atoms with van der Waals surface area (Å²) in [6, 6.07) is 5.71. The highest BCUT2D eigenvalue weighted by Crippen LogP contribution is 2.35. The van der Waals surface area contributed by atoms with Crippen LogP contribution in [0.3, 0.4) is 0 Å². The van der Waals surface area contributed by atoms with Crippen LogP contribution in [0.1, 0.15) is 45.2 Å². The van der Waals surface area contributed by atoms with Crippen molar-refractivity contribution in [2.75, 3.05) is 0 Å². The lowest BCUT2D eigenvalue weighted by atomic mass is 9.89. The predicted molar refractivity (Wildman–Crippen MR) is 70.0 cm³/mol. The molecule has 1 heterocycles. The van der Waals surface area contributed by atoms with Crippen molar-refractivity contribution >= 4 is 11.7 Å². The molecule has 1 aliphatic heterocycles. The number of benzene rings is 1. The minimum atomic E-state index is -0.364. The van der Waals surface area contributed by atoms with Gasteiger partial charge in [0.25, 0.3) is 0 Å². The van der Waals surface area contributed by atoms with Crippen molar-refractivity contribution in [2.45, 2.75) is 45.2 Å². The van der Waals surface area contributed by atoms with Gasteiger partial charge >= 0.3 is 0 Å². The molecule has 2 rings (SSSR count). The van der Waals surface area contributed by atoms with Crippen LogP contribution in [0.25, 0.3) is 0 Å². The fourth-order valence-corrected chi connectivity index (χ4v) is 2.60. The van der Waals surface area contributed by atoms with Crippen LogP contribution in [-0.4, -0.2) is 22.1 Å². The molecule has 1 fully saturated rings. The number of nitrogens with zero attached hydrogens (tertiary/aromatic N) is 1. The highest BCUT2D eigenvalue weighted by atomic mass is 19.1. The Labute approximate surface area is 112 Å². The van der Waals surface area contributed by atoms with Crippen LogP contribution in [-0.2, 0) is 9.59 Å². The Morgan fingerprint density at radius 3 is 2.26 bits per heavy atom. The molecule has 0 bridgehead atoms. The number of ketones is 1. The van der Waals surface area contributed by atoms with Gasteiger partial charge in [-0.1, -0.05) is 12.1 Å². The average molecular weight is 263 g/mol. The number of halogens is 1. The molecule has 102 valence electrons. The smallest absolute Gasteiger partial charge is 0.230 e. The first-order valence-electron chi connectivity index (χ1n) is 6.38. The quantitative estimate of drug-likeness (QED) is 0.731. The number of hydrogen-bond acceptors (Lipinski definition) is 2. The van der Waals surface area contributed by atoms with Gasteiger partial charge in [0.15, 0.2) is 0 Å². The van der Waals surface area contributed by atoms with E-state index < -0.39 is 0 Å². The molecule has 0 spiro atoms. The number of likely N-dealkylation sites (tertiary alicyclic amines) is 1. The molecule has 1 aliphatic rings. The maximum atomic E-state index is 13.0. The Hall–Kier alpha value is -1.71. The number of carbonyl (C=O) groups excluding carboxylic acids is 2. The Kier molecular flexibility index (Phi) is 3.43. The van der Waals surface area contributed by atoms with E-state index in [4.69, 9.17) is 0 Å². The number of Topliss-reactive ketones (excluding diaryl/α,β-unsaturated/α-hetero) is 1. The molecular formula is C15H18FNO2. The summed E-state index contributed by atoms with van der Waals surface area (Å²) in [5, 5.41) is 0. The SMILES string of the molecule is CC(C)(C)N1C(=O)CC(=O)C[C@H]1c1ccc(F)cc1. The van der Waals surface area contributed by atoms with Crippen molar-refractivity contribution < 1.29 is 14.0 Å². The van der Waals surface area contributed by atoms with Gasteiger partial charge in [-0.15, -0.1) is 0 Å². The highest BCUT2D eigenvalue weighted by molar-refractivity contribution is 6.01. The van der Waals surface area contributed by atoms with Crippen molar-refractivity contribution in [1.29, 1.82) is 0 Å². The Morgan fingerprint density at radius 2 is 1.74 bits per heavy atom. The monoisotopic (exact) mass is 263 g/mol. The van der Waals surface area contributed by atoms with Crippen LogP contribution in [0.4, 0.5) is 4.39 Å². The van der Waals surface area contributed by atoms with E-state index in [1.54, 1.807) is 17.0 Å². The molecule has 0 radical (unpaired) electrons. The number of hydrogen-bond donors (Lipinski definition) is 0. The van der Waals surface area contributed by atoms with Crippen molar-refractivity contribution in [2.24, 2.45) is 0 Å². The largest absolute Gasteiger partial charge is 0.330 e. The third kappa shape index (κ3) is 2.83. The van der Waals surface area contributed by atoms with Gasteiger partial charge in [0.2, 0.25) is 5.91 Å². The summed E-state index contributed by atoms with van der Waals surface area (Å²) in [5.41, 5.74) is 0.439. The van der Waals surface area contributed by atoms with Crippen LogP contribution in [0.2, 0.25) is 0 Å². The van der Waals surface area contributed by atoms with E-state index in [0.29, 0.717) is 6.42 Å². The number of piperidine rings is 1. The Balaban J connectivity index is 2.40. The van der Waals surface area contributed by atoms with E-state index >= 15 is 0 Å². The van der Waals surface area contributed by atoms with Crippen molar-refractivity contribution in [3.63, 3.8) is 0 Å². The number of rotatable bonds is 1. The fourth-order valence-electron chi connectivity index (χ4n) is 2.60. The van der Waals surface area contributed by atoms with E-state index in [1.165, 1.54) is 12.1 Å². The molecule has 1 saturated heterocycles. The zero-order chi connectivity index (χ0) is 14.2. The zero-order valence-electron chi connectivity index (χ0n) is 11.4. The van der Waals surface area contributed by atoms with Crippen LogP contribution < -0.4 is 0 Å². The van der Waals surface area contributed by atoms with Crippen molar-refractivity contribution in [3.05, 3.63) is 35.6 Å². The molecule has 1 atom stereocenters. The third-order valence-electron chi connectivity index (χ3n) is 3.33. The fraction of sp³-hybridized carbons (Fsp3) is 0.467. The predicted octanol–water partition coefficient (Wildman–Crippen LogP) is 2.86. The summed E-state index contributed by atoms with van der Waals surface area (Å²) in [4.78, 5) is 25.5. The zero-order valence-corrected chi connectivity index (χ0v) is 11.4. The summed E-state index contributed by atoms with van der Waals surface area (Å²) < 4.78 is 13.0. The molecule has 0 aliphatic carbocycles. The number of carbonyl (C=O) groups is 2. The molecule has 0 saturated carbocycles. The summed E-state index contributed by atoms with van der Waals surface area (Å²) in [7, 11) is 0. The van der Waals surface area contributed by atoms with Gasteiger partial charge in [0, 0.05) is 12.0 Å². The van der Waals surface area contributed by atoms with E-state index in [1.807, 2.05) is 20.8 Å². The molecule has 1 amide bonds. The normalized spacial score (nSPS) is 20.8. The van der Waals surface area contributed by atoms with Gasteiger partial charge in [-0.05, 0) is 38.5 Å². The molecule has 0 N–H and O–H groups in total. The third-order valence-corrected chi connectivity index (χ3v) is 3.33. The standard InChI is InChI=1S/C15H18FNO2/c1-15(2,3)17-13(8-12(18)9-14(17)19)10-4-6-11(16)7-5-10/h4-7,13H,8-9H2,1-3H3/t13-/m0/s1. The van der Waals surface area contributed by atoms with E-state index in [-0.39, 0.29) is 35.5 Å². The molecule has 0 unspecified atom stereocenters. The molecule has 3 nitrogen and oxygen atoms in total. The maximum Gasteiger partial charge on any atom is 0.230 e. The van der Waals surface area contributed by atoms with E-state index in [0.717, 1.165) is 5.56 Å². The van der Waals surface area contributed by atoms with Gasteiger partial charge in [0.05, 0.1) is 12.5 Å². The molecule has 1 aromatic carbocycles. The van der Waals surface area contributed by atoms with Crippen LogP contribution >= 0.6 is 0 Å². The van der Waals surface area contributed by atoms with Gasteiger partial charge in [-0.3, -0.25) is 9.59 Å². The lowest BCUT2D eigenvalue weighted by Crippen LogP contribution is -2.51. The minimum absolute atomic E-state index is 0.0328.